The van der Waals surface area contributed by atoms with Crippen LogP contribution in [0.4, 0.5) is 0 Å². The van der Waals surface area contributed by atoms with Crippen LogP contribution in [-0.2, 0) is 4.74 Å². The van der Waals surface area contributed by atoms with E-state index in [0.29, 0.717) is 18.1 Å². The summed E-state index contributed by atoms with van der Waals surface area (Å²) in [6.07, 6.45) is 3.86. The quantitative estimate of drug-likeness (QED) is 0.750. The van der Waals surface area contributed by atoms with Gasteiger partial charge in [-0.05, 0) is 12.8 Å². The molecular formula is C13H17NO4. The van der Waals surface area contributed by atoms with Gasteiger partial charge in [0.05, 0.1) is 27.0 Å². The molecule has 5 heteroatoms. The molecule has 98 valence electrons. The van der Waals surface area contributed by atoms with E-state index < -0.39 is 5.97 Å². The first-order valence-corrected chi connectivity index (χ1v) is 5.83. The van der Waals surface area contributed by atoms with Crippen LogP contribution >= 0.6 is 0 Å². The van der Waals surface area contributed by atoms with Gasteiger partial charge in [-0.25, -0.2) is 9.78 Å². The highest BCUT2D eigenvalue weighted by Gasteiger charge is 2.38. The second-order valence-corrected chi connectivity index (χ2v) is 4.81. The maximum atomic E-state index is 11.3. The molecule has 5 nitrogen and oxygen atoms in total. The summed E-state index contributed by atoms with van der Waals surface area (Å²) < 4.78 is 15.5. The lowest BCUT2D eigenvalue weighted by Gasteiger charge is -2.13. The molecule has 0 bridgehead atoms. The fourth-order valence-electron chi connectivity index (χ4n) is 1.52. The molecule has 0 aliphatic heterocycles. The van der Waals surface area contributed by atoms with E-state index in [1.54, 1.807) is 0 Å². The number of rotatable bonds is 5. The molecule has 1 aromatic rings. The lowest BCUT2D eigenvalue weighted by atomic mass is 10.2. The third-order valence-corrected chi connectivity index (χ3v) is 3.13. The zero-order valence-corrected chi connectivity index (χ0v) is 10.9. The first-order chi connectivity index (χ1) is 8.58. The topological polar surface area (TPSA) is 57.7 Å². The third-order valence-electron chi connectivity index (χ3n) is 3.13. The van der Waals surface area contributed by atoms with Gasteiger partial charge in [0.25, 0.3) is 0 Å². The molecule has 0 atom stereocenters. The lowest BCUT2D eigenvalue weighted by molar-refractivity contribution is 0.0593. The number of esters is 1. The standard InChI is InChI=1S/C13H17NO4/c1-13(4-5-13)8-18-11-7-14-9(12(15)17-3)6-10(11)16-2/h6-7H,4-5,8H2,1-3H3. The number of carbonyl (C=O) groups is 1. The van der Waals surface area contributed by atoms with E-state index in [2.05, 4.69) is 16.6 Å². The highest BCUT2D eigenvalue weighted by atomic mass is 16.5. The molecule has 1 aliphatic carbocycles. The fourth-order valence-corrected chi connectivity index (χ4v) is 1.52. The highest BCUT2D eigenvalue weighted by molar-refractivity contribution is 5.87. The van der Waals surface area contributed by atoms with Crippen molar-refractivity contribution in [2.75, 3.05) is 20.8 Å². The van der Waals surface area contributed by atoms with Crippen molar-refractivity contribution in [3.05, 3.63) is 18.0 Å². The average Bonchev–Trinajstić information content (AvgIpc) is 3.13. The summed E-state index contributed by atoms with van der Waals surface area (Å²) in [5.74, 6) is 0.557. The van der Waals surface area contributed by atoms with Crippen molar-refractivity contribution in [2.45, 2.75) is 19.8 Å². The van der Waals surface area contributed by atoms with E-state index in [1.807, 2.05) is 0 Å². The second-order valence-electron chi connectivity index (χ2n) is 4.81. The Balaban J connectivity index is 2.12. The monoisotopic (exact) mass is 251 g/mol. The molecule has 0 saturated heterocycles. The molecule has 0 unspecified atom stereocenters. The van der Waals surface area contributed by atoms with E-state index in [9.17, 15) is 4.79 Å². The first kappa shape index (κ1) is 12.7. The molecular weight excluding hydrogens is 234 g/mol. The van der Waals surface area contributed by atoms with Crippen molar-refractivity contribution in [3.8, 4) is 11.5 Å². The van der Waals surface area contributed by atoms with Gasteiger partial charge in [0, 0.05) is 11.5 Å². The zero-order valence-electron chi connectivity index (χ0n) is 10.9. The molecule has 0 spiro atoms. The molecule has 0 radical (unpaired) electrons. The van der Waals surface area contributed by atoms with E-state index in [0.717, 1.165) is 0 Å². The smallest absolute Gasteiger partial charge is 0.356 e. The summed E-state index contributed by atoms with van der Waals surface area (Å²) in [6.45, 7) is 2.82. The SMILES string of the molecule is COC(=O)c1cc(OC)c(OCC2(C)CC2)cn1. The van der Waals surface area contributed by atoms with Crippen molar-refractivity contribution in [1.29, 1.82) is 0 Å². The van der Waals surface area contributed by atoms with Gasteiger partial charge in [-0.2, -0.15) is 0 Å². The van der Waals surface area contributed by atoms with Gasteiger partial charge >= 0.3 is 5.97 Å². The highest BCUT2D eigenvalue weighted by Crippen LogP contribution is 2.45. The van der Waals surface area contributed by atoms with Crippen LogP contribution in [-0.4, -0.2) is 31.8 Å². The number of aromatic nitrogens is 1. The van der Waals surface area contributed by atoms with Crippen LogP contribution in [0, 0.1) is 5.41 Å². The Morgan fingerprint density at radius 1 is 1.39 bits per heavy atom. The minimum atomic E-state index is -0.492. The summed E-state index contributed by atoms with van der Waals surface area (Å²) >= 11 is 0. The third kappa shape index (κ3) is 2.72. The van der Waals surface area contributed by atoms with Crippen molar-refractivity contribution in [3.63, 3.8) is 0 Å². The largest absolute Gasteiger partial charge is 0.493 e. The molecule has 0 N–H and O–H groups in total. The Bertz CT molecular complexity index is 454. The van der Waals surface area contributed by atoms with Gasteiger partial charge in [-0.1, -0.05) is 6.92 Å². The van der Waals surface area contributed by atoms with Crippen LogP contribution in [0.1, 0.15) is 30.3 Å². The van der Waals surface area contributed by atoms with Crippen molar-refractivity contribution < 1.29 is 19.0 Å². The number of nitrogens with zero attached hydrogens (tertiary/aromatic N) is 1. The Hall–Kier alpha value is -1.78. The Labute approximate surface area is 106 Å². The zero-order chi connectivity index (χ0) is 13.2. The predicted molar refractivity (Wildman–Crippen MR) is 65.0 cm³/mol. The maximum Gasteiger partial charge on any atom is 0.356 e. The molecule has 1 heterocycles. The molecule has 0 aromatic carbocycles. The molecule has 0 amide bonds. The number of methoxy groups -OCH3 is 2. The maximum absolute atomic E-state index is 11.3. The average molecular weight is 251 g/mol. The minimum Gasteiger partial charge on any atom is -0.493 e. The van der Waals surface area contributed by atoms with Crippen molar-refractivity contribution in [1.82, 2.24) is 4.98 Å². The number of pyridine rings is 1. The summed E-state index contributed by atoms with van der Waals surface area (Å²) in [5.41, 5.74) is 0.491. The van der Waals surface area contributed by atoms with Gasteiger partial charge in [0.2, 0.25) is 0 Å². The van der Waals surface area contributed by atoms with Gasteiger partial charge in [0.1, 0.15) is 0 Å². The molecule has 1 aromatic heterocycles. The van der Waals surface area contributed by atoms with Crippen LogP contribution in [0.3, 0.4) is 0 Å². The first-order valence-electron chi connectivity index (χ1n) is 5.83. The van der Waals surface area contributed by atoms with Crippen LogP contribution in [0.25, 0.3) is 0 Å². The molecule has 2 rings (SSSR count). The Morgan fingerprint density at radius 2 is 2.11 bits per heavy atom. The number of carbonyl (C=O) groups excluding carboxylic acids is 1. The lowest BCUT2D eigenvalue weighted by Crippen LogP contribution is -2.11. The molecule has 1 saturated carbocycles. The Morgan fingerprint density at radius 3 is 2.67 bits per heavy atom. The number of ether oxygens (including phenoxy) is 3. The van der Waals surface area contributed by atoms with Crippen molar-refractivity contribution in [2.24, 2.45) is 5.41 Å². The number of hydrogen-bond acceptors (Lipinski definition) is 5. The van der Waals surface area contributed by atoms with Crippen LogP contribution in [0.5, 0.6) is 11.5 Å². The van der Waals surface area contributed by atoms with Crippen LogP contribution in [0.2, 0.25) is 0 Å². The van der Waals surface area contributed by atoms with Gasteiger partial charge in [-0.15, -0.1) is 0 Å². The van der Waals surface area contributed by atoms with Gasteiger partial charge < -0.3 is 14.2 Å². The Kier molecular flexibility index (Phi) is 3.41. The summed E-state index contributed by atoms with van der Waals surface area (Å²) in [6, 6.07) is 1.52. The summed E-state index contributed by atoms with van der Waals surface area (Å²) in [5, 5.41) is 0. The number of hydrogen-bond donors (Lipinski definition) is 0. The fraction of sp³-hybridized carbons (Fsp3) is 0.538. The predicted octanol–water partition coefficient (Wildman–Crippen LogP) is 2.06. The van der Waals surface area contributed by atoms with E-state index >= 15 is 0 Å². The molecule has 1 fully saturated rings. The van der Waals surface area contributed by atoms with E-state index in [4.69, 9.17) is 9.47 Å². The second kappa shape index (κ2) is 4.84. The molecule has 1 aliphatic rings. The van der Waals surface area contributed by atoms with Crippen molar-refractivity contribution >= 4 is 5.97 Å². The summed E-state index contributed by atoms with van der Waals surface area (Å²) in [7, 11) is 2.84. The van der Waals surface area contributed by atoms with Gasteiger partial charge in [0.15, 0.2) is 17.2 Å². The normalized spacial score (nSPS) is 15.9. The van der Waals surface area contributed by atoms with E-state index in [1.165, 1.54) is 39.3 Å². The summed E-state index contributed by atoms with van der Waals surface area (Å²) in [4.78, 5) is 15.3. The van der Waals surface area contributed by atoms with Crippen LogP contribution < -0.4 is 9.47 Å². The van der Waals surface area contributed by atoms with Gasteiger partial charge in [-0.3, -0.25) is 0 Å². The van der Waals surface area contributed by atoms with E-state index in [-0.39, 0.29) is 11.1 Å². The van der Waals surface area contributed by atoms with Crippen LogP contribution in [0.15, 0.2) is 12.3 Å². The molecule has 18 heavy (non-hydrogen) atoms. The minimum absolute atomic E-state index is 0.208.